The average molecular weight is 409 g/mol. The van der Waals surface area contributed by atoms with Crippen LogP contribution in [0.5, 0.6) is 5.75 Å². The smallest absolute Gasteiger partial charge is 0.183 e. The lowest BCUT2D eigenvalue weighted by Crippen LogP contribution is -2.00. The van der Waals surface area contributed by atoms with E-state index in [1.54, 1.807) is 30.6 Å². The monoisotopic (exact) mass is 408 g/mol. The summed E-state index contributed by atoms with van der Waals surface area (Å²) in [6.07, 6.45) is 1.93. The van der Waals surface area contributed by atoms with E-state index in [0.717, 1.165) is 38.3 Å². The van der Waals surface area contributed by atoms with E-state index in [9.17, 15) is 4.39 Å². The van der Waals surface area contributed by atoms with Crippen molar-refractivity contribution in [1.82, 2.24) is 14.8 Å². The van der Waals surface area contributed by atoms with Crippen molar-refractivity contribution in [2.75, 3.05) is 12.4 Å². The van der Waals surface area contributed by atoms with Crippen LogP contribution in [-0.4, -0.2) is 21.9 Å². The van der Waals surface area contributed by atoms with Crippen LogP contribution in [-0.2, 0) is 13.1 Å². The van der Waals surface area contributed by atoms with Gasteiger partial charge in [-0.3, -0.25) is 4.68 Å². The third kappa shape index (κ3) is 4.63. The zero-order valence-corrected chi connectivity index (χ0v) is 17.0. The number of anilines is 1. The van der Waals surface area contributed by atoms with Gasteiger partial charge in [-0.25, -0.2) is 9.37 Å². The molecular formula is C22H21FN4OS. The first-order valence-corrected chi connectivity index (χ1v) is 10.0. The summed E-state index contributed by atoms with van der Waals surface area (Å²) in [5.41, 5.74) is 3.96. The van der Waals surface area contributed by atoms with Gasteiger partial charge < -0.3 is 10.1 Å². The molecule has 29 heavy (non-hydrogen) atoms. The third-order valence-corrected chi connectivity index (χ3v) is 5.64. The summed E-state index contributed by atoms with van der Waals surface area (Å²) < 4.78 is 20.2. The highest BCUT2D eigenvalue weighted by Gasteiger charge is 2.13. The number of rotatable bonds is 7. The molecule has 148 valence electrons. The quantitative estimate of drug-likeness (QED) is 0.461. The zero-order valence-electron chi connectivity index (χ0n) is 16.2. The van der Waals surface area contributed by atoms with Gasteiger partial charge in [0.2, 0.25) is 0 Å². The number of nitrogens with one attached hydrogen (secondary N) is 1. The lowest BCUT2D eigenvalue weighted by atomic mass is 10.2. The molecule has 4 rings (SSSR count). The maximum absolute atomic E-state index is 13.1. The van der Waals surface area contributed by atoms with E-state index >= 15 is 0 Å². The van der Waals surface area contributed by atoms with Crippen LogP contribution in [0.3, 0.4) is 0 Å². The standard InChI is InChI=1S/C22H21FN4OS/c1-15-21(20-10-11-27(26-20)14-16-6-8-18(23)9-7-16)29-22(25-15)24-13-17-4-3-5-19(12-17)28-2/h3-12H,13-14H2,1-2H3,(H,24,25). The Hall–Kier alpha value is -3.19. The molecule has 0 aliphatic carbocycles. The molecule has 7 heteroatoms. The third-order valence-electron chi connectivity index (χ3n) is 4.51. The second-order valence-corrected chi connectivity index (χ2v) is 7.66. The van der Waals surface area contributed by atoms with Crippen LogP contribution in [0, 0.1) is 12.7 Å². The number of nitrogens with zero attached hydrogens (tertiary/aromatic N) is 3. The first-order chi connectivity index (χ1) is 14.1. The molecular weight excluding hydrogens is 387 g/mol. The second kappa shape index (κ2) is 8.45. The average Bonchev–Trinajstić information content (AvgIpc) is 3.34. The molecule has 0 fully saturated rings. The summed E-state index contributed by atoms with van der Waals surface area (Å²) in [5.74, 6) is 0.608. The predicted molar refractivity (Wildman–Crippen MR) is 114 cm³/mol. The molecule has 0 radical (unpaired) electrons. The summed E-state index contributed by atoms with van der Waals surface area (Å²) in [4.78, 5) is 5.67. The van der Waals surface area contributed by atoms with Gasteiger partial charge in [0, 0.05) is 12.7 Å². The maximum atomic E-state index is 13.1. The molecule has 0 aliphatic rings. The second-order valence-electron chi connectivity index (χ2n) is 6.66. The van der Waals surface area contributed by atoms with Crippen molar-refractivity contribution in [3.63, 3.8) is 0 Å². The number of benzene rings is 2. The predicted octanol–water partition coefficient (Wildman–Crippen LogP) is 5.12. The fourth-order valence-corrected chi connectivity index (χ4v) is 3.94. The largest absolute Gasteiger partial charge is 0.497 e. The number of ether oxygens (including phenoxy) is 1. The number of hydrogen-bond acceptors (Lipinski definition) is 5. The Balaban J connectivity index is 1.45. The van der Waals surface area contributed by atoms with Gasteiger partial charge in [-0.1, -0.05) is 35.6 Å². The number of aryl methyl sites for hydroxylation is 1. The van der Waals surface area contributed by atoms with Crippen LogP contribution in [0.2, 0.25) is 0 Å². The minimum absolute atomic E-state index is 0.232. The summed E-state index contributed by atoms with van der Waals surface area (Å²) in [5, 5.41) is 8.89. The van der Waals surface area contributed by atoms with Crippen LogP contribution >= 0.6 is 11.3 Å². The first-order valence-electron chi connectivity index (χ1n) is 9.23. The summed E-state index contributed by atoms with van der Waals surface area (Å²) in [6, 6.07) is 16.4. The van der Waals surface area contributed by atoms with Gasteiger partial charge in [0.25, 0.3) is 0 Å². The van der Waals surface area contributed by atoms with Gasteiger partial charge in [-0.15, -0.1) is 0 Å². The van der Waals surface area contributed by atoms with Gasteiger partial charge in [0.15, 0.2) is 5.13 Å². The Morgan fingerprint density at radius 1 is 1.10 bits per heavy atom. The zero-order chi connectivity index (χ0) is 20.2. The van der Waals surface area contributed by atoms with E-state index in [2.05, 4.69) is 15.4 Å². The van der Waals surface area contributed by atoms with E-state index < -0.39 is 0 Å². The van der Waals surface area contributed by atoms with Gasteiger partial charge >= 0.3 is 0 Å². The number of aromatic nitrogens is 3. The Kier molecular flexibility index (Phi) is 5.57. The van der Waals surface area contributed by atoms with Gasteiger partial charge in [-0.05, 0) is 48.4 Å². The molecule has 0 saturated carbocycles. The fraction of sp³-hybridized carbons (Fsp3) is 0.182. The van der Waals surface area contributed by atoms with Crippen molar-refractivity contribution < 1.29 is 9.13 Å². The van der Waals surface area contributed by atoms with Crippen molar-refractivity contribution in [3.05, 3.63) is 83.4 Å². The molecule has 2 aromatic carbocycles. The Bertz CT molecular complexity index is 1100. The Morgan fingerprint density at radius 3 is 2.72 bits per heavy atom. The van der Waals surface area contributed by atoms with E-state index in [4.69, 9.17) is 4.74 Å². The molecule has 5 nitrogen and oxygen atoms in total. The number of thiazole rings is 1. The molecule has 0 amide bonds. The van der Waals surface area contributed by atoms with Gasteiger partial charge in [-0.2, -0.15) is 5.10 Å². The lowest BCUT2D eigenvalue weighted by molar-refractivity contribution is 0.414. The minimum Gasteiger partial charge on any atom is -0.497 e. The molecule has 0 bridgehead atoms. The molecule has 0 atom stereocenters. The van der Waals surface area contributed by atoms with Gasteiger partial charge in [0.05, 0.1) is 24.2 Å². The molecule has 1 N–H and O–H groups in total. The van der Waals surface area contributed by atoms with Crippen LogP contribution in [0.25, 0.3) is 10.6 Å². The first kappa shape index (κ1) is 19.1. The van der Waals surface area contributed by atoms with Crippen LogP contribution in [0.15, 0.2) is 60.8 Å². The molecule has 0 saturated heterocycles. The van der Waals surface area contributed by atoms with Gasteiger partial charge in [0.1, 0.15) is 17.3 Å². The maximum Gasteiger partial charge on any atom is 0.183 e. The van der Waals surface area contributed by atoms with E-state index in [1.807, 2.05) is 48.1 Å². The van der Waals surface area contributed by atoms with Crippen LogP contribution in [0.4, 0.5) is 9.52 Å². The molecule has 2 aromatic heterocycles. The summed E-state index contributed by atoms with van der Waals surface area (Å²) >= 11 is 1.58. The highest BCUT2D eigenvalue weighted by Crippen LogP contribution is 2.32. The van der Waals surface area contributed by atoms with Crippen LogP contribution in [0.1, 0.15) is 16.8 Å². The fourth-order valence-electron chi connectivity index (χ4n) is 3.02. The molecule has 4 aromatic rings. The van der Waals surface area contributed by atoms with Crippen molar-refractivity contribution >= 4 is 16.5 Å². The van der Waals surface area contributed by atoms with Crippen molar-refractivity contribution in [2.45, 2.75) is 20.0 Å². The number of methoxy groups -OCH3 is 1. The van der Waals surface area contributed by atoms with E-state index in [-0.39, 0.29) is 5.82 Å². The van der Waals surface area contributed by atoms with E-state index in [1.165, 1.54) is 12.1 Å². The topological polar surface area (TPSA) is 52.0 Å². The Labute approximate surface area is 172 Å². The van der Waals surface area contributed by atoms with Crippen molar-refractivity contribution in [3.8, 4) is 16.3 Å². The molecule has 0 spiro atoms. The lowest BCUT2D eigenvalue weighted by Gasteiger charge is -2.05. The SMILES string of the molecule is COc1cccc(CNc2nc(C)c(-c3ccn(Cc4ccc(F)cc4)n3)s2)c1. The van der Waals surface area contributed by atoms with Crippen LogP contribution < -0.4 is 10.1 Å². The molecule has 0 unspecified atom stereocenters. The normalized spacial score (nSPS) is 10.9. The van der Waals surface area contributed by atoms with E-state index in [0.29, 0.717) is 13.1 Å². The summed E-state index contributed by atoms with van der Waals surface area (Å²) in [7, 11) is 1.66. The number of halogens is 1. The highest BCUT2D eigenvalue weighted by atomic mass is 32.1. The Morgan fingerprint density at radius 2 is 1.93 bits per heavy atom. The highest BCUT2D eigenvalue weighted by molar-refractivity contribution is 7.19. The minimum atomic E-state index is -0.232. The molecule has 2 heterocycles. The number of hydrogen-bond donors (Lipinski definition) is 1. The van der Waals surface area contributed by atoms with Crippen molar-refractivity contribution in [2.24, 2.45) is 0 Å². The molecule has 0 aliphatic heterocycles. The summed E-state index contributed by atoms with van der Waals surface area (Å²) in [6.45, 7) is 3.25. The van der Waals surface area contributed by atoms with Crippen molar-refractivity contribution in [1.29, 1.82) is 0 Å².